The molecule has 2 aromatic heterocycles. The lowest BCUT2D eigenvalue weighted by molar-refractivity contribution is -0.128. The van der Waals surface area contributed by atoms with E-state index in [0.717, 1.165) is 21.8 Å². The second-order valence-electron chi connectivity index (χ2n) is 6.89. The smallest absolute Gasteiger partial charge is 0.273 e. The van der Waals surface area contributed by atoms with Crippen LogP contribution < -0.4 is 14.8 Å². The maximum atomic E-state index is 13.4. The molecule has 0 atom stereocenters. The number of amides is 1. The van der Waals surface area contributed by atoms with E-state index in [1.807, 2.05) is 30.5 Å². The fourth-order valence-electron chi connectivity index (χ4n) is 3.24. The Hall–Kier alpha value is -2.70. The van der Waals surface area contributed by atoms with Gasteiger partial charge in [-0.15, -0.1) is 22.7 Å². The predicted molar refractivity (Wildman–Crippen MR) is 123 cm³/mol. The van der Waals surface area contributed by atoms with Crippen molar-refractivity contribution in [3.05, 3.63) is 70.7 Å². The number of carbonyl (C=O) groups is 1. The highest BCUT2D eigenvalue weighted by molar-refractivity contribution is 7.11. The van der Waals surface area contributed by atoms with Gasteiger partial charge in [0.15, 0.2) is 5.57 Å². The first kappa shape index (κ1) is 21.5. The summed E-state index contributed by atoms with van der Waals surface area (Å²) in [5.41, 5.74) is 1.27. The molecule has 1 aliphatic rings. The number of rotatable bonds is 3. The van der Waals surface area contributed by atoms with Crippen LogP contribution in [0.15, 0.2) is 40.5 Å². The van der Waals surface area contributed by atoms with Gasteiger partial charge in [0.2, 0.25) is 0 Å². The maximum Gasteiger partial charge on any atom is 0.273 e. The molecule has 1 aliphatic heterocycles. The number of hydrogen-bond donors (Lipinski definition) is 0. The van der Waals surface area contributed by atoms with Crippen molar-refractivity contribution in [3.8, 4) is 11.8 Å². The maximum absolute atomic E-state index is 13.4. The summed E-state index contributed by atoms with van der Waals surface area (Å²) in [6, 6.07) is 10.8. The van der Waals surface area contributed by atoms with Gasteiger partial charge in [0, 0.05) is 23.0 Å². The van der Waals surface area contributed by atoms with Gasteiger partial charge in [0.25, 0.3) is 11.5 Å². The van der Waals surface area contributed by atoms with Gasteiger partial charge in [-0.05, 0) is 54.3 Å². The summed E-state index contributed by atoms with van der Waals surface area (Å²) in [5, 5.41) is 12.4. The monoisotopic (exact) mass is 471 g/mol. The van der Waals surface area contributed by atoms with Gasteiger partial charge in [-0.3, -0.25) is 14.2 Å². The minimum atomic E-state index is -0.395. The van der Waals surface area contributed by atoms with Crippen molar-refractivity contribution in [2.75, 3.05) is 26.3 Å². The Labute approximate surface area is 191 Å². The molecule has 0 bridgehead atoms. The van der Waals surface area contributed by atoms with Crippen molar-refractivity contribution in [1.29, 1.82) is 5.26 Å². The Morgan fingerprint density at radius 1 is 1.23 bits per heavy atom. The molecule has 31 heavy (non-hydrogen) atoms. The molecule has 0 N–H and O–H groups in total. The second-order valence-corrected chi connectivity index (χ2v) is 9.31. The van der Waals surface area contributed by atoms with Crippen LogP contribution in [0.4, 0.5) is 0 Å². The highest BCUT2D eigenvalue weighted by Crippen LogP contribution is 2.16. The van der Waals surface area contributed by atoms with Crippen LogP contribution >= 0.6 is 34.3 Å². The largest absolute Gasteiger partial charge is 0.378 e. The summed E-state index contributed by atoms with van der Waals surface area (Å²) < 4.78 is 7.50. The van der Waals surface area contributed by atoms with Gasteiger partial charge in [-0.2, -0.15) is 5.26 Å². The molecule has 1 saturated heterocycles. The first-order valence-electron chi connectivity index (χ1n) is 9.54. The molecular weight excluding hydrogens is 454 g/mol. The first-order valence-corrected chi connectivity index (χ1v) is 11.6. The summed E-state index contributed by atoms with van der Waals surface area (Å²) in [6.07, 6.45) is 1.82. The van der Waals surface area contributed by atoms with Crippen molar-refractivity contribution < 1.29 is 9.53 Å². The lowest BCUT2D eigenvalue weighted by Gasteiger charge is -2.26. The van der Waals surface area contributed by atoms with Gasteiger partial charge >= 0.3 is 0 Å². The van der Waals surface area contributed by atoms with Crippen molar-refractivity contribution in [1.82, 2.24) is 9.47 Å². The van der Waals surface area contributed by atoms with Crippen molar-refractivity contribution >= 4 is 51.8 Å². The molecule has 3 aromatic rings. The highest BCUT2D eigenvalue weighted by atomic mass is 35.5. The van der Waals surface area contributed by atoms with E-state index in [4.69, 9.17) is 16.3 Å². The Bertz CT molecular complexity index is 1340. The molecule has 0 unspecified atom stereocenters. The third kappa shape index (κ3) is 4.36. The molecule has 1 amide bonds. The number of aromatic nitrogens is 1. The number of morpholine rings is 1. The Balaban J connectivity index is 2.00. The van der Waals surface area contributed by atoms with Crippen LogP contribution in [-0.2, 0) is 9.53 Å². The van der Waals surface area contributed by atoms with Gasteiger partial charge < -0.3 is 9.64 Å². The van der Waals surface area contributed by atoms with Crippen LogP contribution in [0.2, 0.25) is 5.02 Å². The molecule has 1 aromatic carbocycles. The number of thiazole rings is 1. The lowest BCUT2D eigenvalue weighted by Crippen LogP contribution is -2.42. The summed E-state index contributed by atoms with van der Waals surface area (Å²) in [6.45, 7) is 3.65. The number of aryl methyl sites for hydroxylation is 1. The van der Waals surface area contributed by atoms with Crippen molar-refractivity contribution in [2.24, 2.45) is 0 Å². The summed E-state index contributed by atoms with van der Waals surface area (Å²) in [5.74, 6) is -0.395. The number of nitriles is 1. The van der Waals surface area contributed by atoms with E-state index in [9.17, 15) is 14.9 Å². The van der Waals surface area contributed by atoms with Crippen LogP contribution in [0.1, 0.15) is 10.4 Å². The molecule has 158 valence electrons. The second kappa shape index (κ2) is 9.20. The van der Waals surface area contributed by atoms with Crippen LogP contribution in [0.5, 0.6) is 0 Å². The molecule has 3 heterocycles. The quantitative estimate of drug-likeness (QED) is 0.587. The van der Waals surface area contributed by atoms with Crippen molar-refractivity contribution in [3.63, 3.8) is 0 Å². The average Bonchev–Trinajstić information content (AvgIpc) is 3.33. The summed E-state index contributed by atoms with van der Waals surface area (Å²) >= 11 is 8.70. The number of thiophene rings is 1. The minimum Gasteiger partial charge on any atom is -0.378 e. The van der Waals surface area contributed by atoms with Crippen LogP contribution in [0.3, 0.4) is 0 Å². The van der Waals surface area contributed by atoms with Gasteiger partial charge in [0.05, 0.1) is 23.4 Å². The van der Waals surface area contributed by atoms with Crippen LogP contribution in [-0.4, -0.2) is 41.7 Å². The predicted octanol–water partition coefficient (Wildman–Crippen LogP) is 2.28. The molecule has 0 saturated carbocycles. The minimum absolute atomic E-state index is 0.0542. The third-order valence-corrected chi connectivity index (χ3v) is 7.22. The SMILES string of the molecule is Cc1ccsc1/C=c1/s/c(=C(\C#N)C(=O)N2CCOCC2)n(-c2ccc(Cl)cc2)c1=O. The Morgan fingerprint density at radius 2 is 1.94 bits per heavy atom. The fraction of sp³-hybridized carbons (Fsp3) is 0.227. The fourth-order valence-corrected chi connectivity index (χ4v) is 5.38. The van der Waals surface area contributed by atoms with E-state index in [1.54, 1.807) is 29.2 Å². The van der Waals surface area contributed by atoms with E-state index >= 15 is 0 Å². The zero-order valence-corrected chi connectivity index (χ0v) is 19.0. The molecule has 0 spiro atoms. The van der Waals surface area contributed by atoms with Crippen LogP contribution in [0.25, 0.3) is 17.3 Å². The zero-order valence-electron chi connectivity index (χ0n) is 16.6. The van der Waals surface area contributed by atoms with Crippen LogP contribution in [0, 0.1) is 18.3 Å². The summed E-state index contributed by atoms with van der Waals surface area (Å²) in [4.78, 5) is 29.1. The number of ether oxygens (including phenoxy) is 1. The van der Waals surface area contributed by atoms with Gasteiger partial charge in [-0.1, -0.05) is 11.6 Å². The number of halogens is 1. The third-order valence-electron chi connectivity index (χ3n) is 4.91. The Kier molecular flexibility index (Phi) is 6.39. The molecule has 6 nitrogen and oxygen atoms in total. The number of carbonyl (C=O) groups excluding carboxylic acids is 1. The first-order chi connectivity index (χ1) is 15.0. The van der Waals surface area contributed by atoms with Gasteiger partial charge in [-0.25, -0.2) is 0 Å². The molecule has 1 fully saturated rings. The number of benzene rings is 1. The van der Waals surface area contributed by atoms with E-state index in [1.165, 1.54) is 15.9 Å². The zero-order chi connectivity index (χ0) is 22.0. The summed E-state index contributed by atoms with van der Waals surface area (Å²) in [7, 11) is 0. The van der Waals surface area contributed by atoms with E-state index in [0.29, 0.717) is 46.2 Å². The number of hydrogen-bond acceptors (Lipinski definition) is 6. The van der Waals surface area contributed by atoms with Crippen molar-refractivity contribution in [2.45, 2.75) is 6.92 Å². The topological polar surface area (TPSA) is 75.3 Å². The molecule has 0 aliphatic carbocycles. The van der Waals surface area contributed by atoms with Gasteiger partial charge in [0.1, 0.15) is 10.7 Å². The Morgan fingerprint density at radius 3 is 2.55 bits per heavy atom. The highest BCUT2D eigenvalue weighted by Gasteiger charge is 2.24. The van der Waals surface area contributed by atoms with E-state index in [2.05, 4.69) is 0 Å². The normalized spacial score (nSPS) is 15.6. The standard InChI is InChI=1S/C22H18ClN3O3S2/c1-14-6-11-30-18(14)12-19-21(28)26(16-4-2-15(23)3-5-16)22(31-19)17(13-24)20(27)25-7-9-29-10-8-25/h2-6,11-12H,7-10H2,1H3/b19-12+,22-17+. The van der Waals surface area contributed by atoms with E-state index < -0.39 is 5.91 Å². The van der Waals surface area contributed by atoms with E-state index in [-0.39, 0.29) is 11.1 Å². The molecule has 9 heteroatoms. The average molecular weight is 472 g/mol. The lowest BCUT2D eigenvalue weighted by atomic mass is 10.2. The molecule has 4 rings (SSSR count). The molecular formula is C22H18ClN3O3S2. The number of nitrogens with zero attached hydrogens (tertiary/aromatic N) is 3. The molecule has 0 radical (unpaired) electrons.